The van der Waals surface area contributed by atoms with Gasteiger partial charge in [0.2, 0.25) is 0 Å². The summed E-state index contributed by atoms with van der Waals surface area (Å²) in [4.78, 5) is 20.9. The van der Waals surface area contributed by atoms with Crippen molar-refractivity contribution < 1.29 is 19.3 Å². The van der Waals surface area contributed by atoms with E-state index in [2.05, 4.69) is 24.1 Å². The predicted molar refractivity (Wildman–Crippen MR) is 126 cm³/mol. The predicted octanol–water partition coefficient (Wildman–Crippen LogP) is 6.58. The third-order valence-corrected chi connectivity index (χ3v) is 9.94. The Morgan fingerprint density at radius 3 is 2.49 bits per heavy atom. The number of alkyl halides is 1. The van der Waals surface area contributed by atoms with Crippen molar-refractivity contribution in [3.05, 3.63) is 50.2 Å². The van der Waals surface area contributed by atoms with Gasteiger partial charge in [0, 0.05) is 11.5 Å². The summed E-state index contributed by atoms with van der Waals surface area (Å²) in [6.07, 6.45) is 7.29. The van der Waals surface area contributed by atoms with Crippen LogP contribution in [-0.4, -0.2) is 26.7 Å². The maximum Gasteiger partial charge on any atom is 0.303 e. The van der Waals surface area contributed by atoms with Crippen LogP contribution in [0.5, 0.6) is 0 Å². The van der Waals surface area contributed by atoms with Crippen molar-refractivity contribution in [2.24, 2.45) is 38.8 Å². The molecule has 188 valence electrons. The van der Waals surface area contributed by atoms with Crippen LogP contribution in [0, 0.1) is 48.8 Å². The van der Waals surface area contributed by atoms with Crippen LogP contribution in [0.25, 0.3) is 0 Å². The first-order valence-corrected chi connectivity index (χ1v) is 12.4. The standard InChI is InChI=1S/C25H31FN4O5/c1-23-10-9-19-17(18(23)4-6-22(23)31)8-12-25(26)14-15(7-11-24(19,25)2)27-28-20-5-3-16(29(32)33)13-21(20)30(34)35/h3,5,13-14,17-19,22,31H,4,6-12H2,1-2H3/t17-,18-,19-,22-,23-,24+,25?/m0/s1. The maximum absolute atomic E-state index is 16.6. The number of nitrogens with zero attached hydrogens (tertiary/aromatic N) is 4. The fourth-order valence-corrected chi connectivity index (χ4v) is 7.83. The minimum absolute atomic E-state index is 0.0583. The molecule has 1 N–H and O–H groups in total. The van der Waals surface area contributed by atoms with E-state index < -0.39 is 32.3 Å². The number of non-ortho nitro benzene ring substituents is 1. The molecule has 0 radical (unpaired) electrons. The number of rotatable bonds is 4. The van der Waals surface area contributed by atoms with Gasteiger partial charge in [-0.05, 0) is 86.7 Å². The average molecular weight is 487 g/mol. The first-order chi connectivity index (χ1) is 16.5. The van der Waals surface area contributed by atoms with Crippen LogP contribution in [0.4, 0.5) is 21.5 Å². The van der Waals surface area contributed by atoms with E-state index >= 15 is 4.39 Å². The molecule has 35 heavy (non-hydrogen) atoms. The Hall–Kier alpha value is -2.75. The number of nitro groups is 2. The topological polar surface area (TPSA) is 131 Å². The van der Waals surface area contributed by atoms with E-state index in [0.29, 0.717) is 36.8 Å². The van der Waals surface area contributed by atoms with Crippen molar-refractivity contribution in [3.63, 3.8) is 0 Å². The van der Waals surface area contributed by atoms with Gasteiger partial charge in [0.05, 0.1) is 27.7 Å². The minimum Gasteiger partial charge on any atom is -0.393 e. The summed E-state index contributed by atoms with van der Waals surface area (Å²) >= 11 is 0. The molecular formula is C25H31FN4O5. The van der Waals surface area contributed by atoms with E-state index in [1.54, 1.807) is 6.08 Å². The van der Waals surface area contributed by atoms with Crippen LogP contribution >= 0.6 is 0 Å². The molecule has 7 atom stereocenters. The summed E-state index contributed by atoms with van der Waals surface area (Å²) in [6.45, 7) is 4.27. The molecule has 0 bridgehead atoms. The van der Waals surface area contributed by atoms with Crippen LogP contribution in [-0.2, 0) is 0 Å². The van der Waals surface area contributed by atoms with Gasteiger partial charge in [-0.3, -0.25) is 20.2 Å². The molecule has 1 unspecified atom stereocenters. The number of aliphatic hydroxyl groups excluding tert-OH is 1. The lowest BCUT2D eigenvalue weighted by molar-refractivity contribution is -0.393. The molecule has 5 rings (SSSR count). The molecule has 0 heterocycles. The fraction of sp³-hybridized carbons (Fsp3) is 0.680. The van der Waals surface area contributed by atoms with Crippen LogP contribution in [0.2, 0.25) is 0 Å². The lowest BCUT2D eigenvalue weighted by atomic mass is 9.45. The van der Waals surface area contributed by atoms with Gasteiger partial charge in [-0.25, -0.2) is 4.39 Å². The molecule has 1 aromatic rings. The summed E-state index contributed by atoms with van der Waals surface area (Å²) in [5.74, 6) is 1.10. The van der Waals surface area contributed by atoms with Gasteiger partial charge >= 0.3 is 5.69 Å². The number of nitro benzene ring substituents is 2. The summed E-state index contributed by atoms with van der Waals surface area (Å²) in [6, 6.07) is 3.19. The zero-order chi connectivity index (χ0) is 25.2. The van der Waals surface area contributed by atoms with E-state index in [9.17, 15) is 25.3 Å². The normalized spacial score (nSPS) is 40.5. The number of halogens is 1. The molecule has 0 saturated heterocycles. The van der Waals surface area contributed by atoms with E-state index in [0.717, 1.165) is 44.2 Å². The van der Waals surface area contributed by atoms with Crippen LogP contribution in [0.3, 0.4) is 0 Å². The van der Waals surface area contributed by atoms with Crippen molar-refractivity contribution >= 4 is 17.1 Å². The Bertz CT molecular complexity index is 1140. The van der Waals surface area contributed by atoms with Crippen LogP contribution in [0.1, 0.15) is 65.2 Å². The Morgan fingerprint density at radius 2 is 1.77 bits per heavy atom. The van der Waals surface area contributed by atoms with E-state index in [4.69, 9.17) is 0 Å². The molecular weight excluding hydrogens is 455 g/mol. The molecule has 3 saturated carbocycles. The molecule has 4 aliphatic carbocycles. The molecule has 4 aliphatic rings. The summed E-state index contributed by atoms with van der Waals surface area (Å²) in [7, 11) is 0. The third-order valence-electron chi connectivity index (χ3n) is 9.94. The minimum atomic E-state index is -1.53. The fourth-order valence-electron chi connectivity index (χ4n) is 7.83. The SMILES string of the molecule is C[C@]12CC[C@H]3[C@@H](CCC4(F)C=C(N=Nc5ccc([N+](=O)[O-])cc5[N+](=O)[O-])CC[C@]34C)[C@@H]1CC[C@@H]2O. The lowest BCUT2D eigenvalue weighted by Gasteiger charge is -2.61. The maximum atomic E-state index is 16.6. The quantitative estimate of drug-likeness (QED) is 0.292. The zero-order valence-corrected chi connectivity index (χ0v) is 20.0. The van der Waals surface area contributed by atoms with Crippen LogP contribution < -0.4 is 0 Å². The smallest absolute Gasteiger partial charge is 0.303 e. The lowest BCUT2D eigenvalue weighted by Crippen LogP contribution is -2.58. The van der Waals surface area contributed by atoms with Crippen molar-refractivity contribution in [1.29, 1.82) is 0 Å². The molecule has 10 heteroatoms. The number of hydrogen-bond acceptors (Lipinski definition) is 7. The van der Waals surface area contributed by atoms with Gasteiger partial charge in [-0.15, -0.1) is 5.11 Å². The molecule has 3 fully saturated rings. The first-order valence-electron chi connectivity index (χ1n) is 12.4. The van der Waals surface area contributed by atoms with Crippen molar-refractivity contribution in [2.45, 2.75) is 77.0 Å². The Labute approximate surface area is 202 Å². The Balaban J connectivity index is 1.41. The monoisotopic (exact) mass is 486 g/mol. The first kappa shape index (κ1) is 24.0. The highest BCUT2D eigenvalue weighted by Crippen LogP contribution is 2.67. The molecule has 0 aromatic heterocycles. The second-order valence-electron chi connectivity index (χ2n) is 11.4. The molecule has 0 amide bonds. The van der Waals surface area contributed by atoms with Gasteiger partial charge in [-0.2, -0.15) is 5.11 Å². The second kappa shape index (κ2) is 8.15. The van der Waals surface area contributed by atoms with Crippen molar-refractivity contribution in [1.82, 2.24) is 0 Å². The molecule has 1 aromatic carbocycles. The van der Waals surface area contributed by atoms with E-state index in [1.165, 1.54) is 6.07 Å². The summed E-state index contributed by atoms with van der Waals surface area (Å²) in [5, 5.41) is 41.1. The third kappa shape index (κ3) is 3.59. The van der Waals surface area contributed by atoms with Gasteiger partial charge in [0.15, 0.2) is 5.69 Å². The number of fused-ring (bicyclic) bond motifs is 5. The Kier molecular flexibility index (Phi) is 5.58. The highest BCUT2D eigenvalue weighted by molar-refractivity contribution is 5.61. The second-order valence-corrected chi connectivity index (χ2v) is 11.4. The Morgan fingerprint density at radius 1 is 1.00 bits per heavy atom. The van der Waals surface area contributed by atoms with E-state index in [1.807, 2.05) is 0 Å². The van der Waals surface area contributed by atoms with Gasteiger partial charge in [0.25, 0.3) is 5.69 Å². The number of hydrogen-bond donors (Lipinski definition) is 1. The number of azo groups is 1. The number of aliphatic hydroxyl groups is 1. The molecule has 0 spiro atoms. The average Bonchev–Trinajstić information content (AvgIpc) is 3.12. The van der Waals surface area contributed by atoms with Gasteiger partial charge in [-0.1, -0.05) is 13.8 Å². The highest BCUT2D eigenvalue weighted by Gasteiger charge is 2.64. The van der Waals surface area contributed by atoms with Crippen LogP contribution in [0.15, 0.2) is 40.2 Å². The highest BCUT2D eigenvalue weighted by atomic mass is 19.1. The number of allylic oxidation sites excluding steroid dienone is 2. The molecule has 9 nitrogen and oxygen atoms in total. The van der Waals surface area contributed by atoms with Gasteiger partial charge in [0.1, 0.15) is 5.67 Å². The molecule has 0 aliphatic heterocycles. The summed E-state index contributed by atoms with van der Waals surface area (Å²) in [5.41, 5.74) is -2.68. The van der Waals surface area contributed by atoms with E-state index in [-0.39, 0.29) is 23.1 Å². The van der Waals surface area contributed by atoms with Gasteiger partial charge < -0.3 is 5.11 Å². The summed E-state index contributed by atoms with van der Waals surface area (Å²) < 4.78 is 16.6. The van der Waals surface area contributed by atoms with Crippen molar-refractivity contribution in [2.75, 3.05) is 0 Å². The largest absolute Gasteiger partial charge is 0.393 e. The number of benzene rings is 1. The zero-order valence-electron chi connectivity index (χ0n) is 20.0. The van der Waals surface area contributed by atoms with Crippen molar-refractivity contribution in [3.8, 4) is 0 Å².